The highest BCUT2D eigenvalue weighted by atomic mass is 32.1. The minimum atomic E-state index is -0.289. The molecular weight excluding hydrogens is 271 g/mol. The van der Waals surface area contributed by atoms with Crippen molar-refractivity contribution in [3.8, 4) is 0 Å². The van der Waals surface area contributed by atoms with Crippen LogP contribution in [-0.2, 0) is 5.41 Å². The summed E-state index contributed by atoms with van der Waals surface area (Å²) < 4.78 is 12.9. The van der Waals surface area contributed by atoms with E-state index in [1.165, 1.54) is 17.1 Å². The maximum atomic E-state index is 12.9. The first-order valence-electron chi connectivity index (χ1n) is 6.92. The average molecular weight is 292 g/mol. The van der Waals surface area contributed by atoms with Gasteiger partial charge in [-0.05, 0) is 30.0 Å². The van der Waals surface area contributed by atoms with Crippen LogP contribution in [0.15, 0.2) is 35.8 Å². The van der Waals surface area contributed by atoms with E-state index < -0.39 is 0 Å². The van der Waals surface area contributed by atoms with E-state index in [0.717, 1.165) is 18.7 Å². The predicted molar refractivity (Wildman–Crippen MR) is 82.6 cm³/mol. The van der Waals surface area contributed by atoms with Gasteiger partial charge < -0.3 is 5.32 Å². The molecule has 1 unspecified atom stereocenters. The van der Waals surface area contributed by atoms with Crippen LogP contribution in [0.5, 0.6) is 0 Å². The molecule has 2 rings (SSSR count). The Labute approximate surface area is 124 Å². The number of aromatic nitrogens is 1. The van der Waals surface area contributed by atoms with E-state index in [2.05, 4.69) is 48.6 Å². The van der Waals surface area contributed by atoms with Crippen molar-refractivity contribution in [2.24, 2.45) is 0 Å². The number of halogens is 1. The second-order valence-electron chi connectivity index (χ2n) is 5.60. The zero-order chi connectivity index (χ0) is 14.6. The lowest BCUT2D eigenvalue weighted by molar-refractivity contribution is 0.415. The highest BCUT2D eigenvalue weighted by Crippen LogP contribution is 2.27. The summed E-state index contributed by atoms with van der Waals surface area (Å²) in [6, 6.07) is 7.64. The fourth-order valence-corrected chi connectivity index (χ4v) is 3.03. The maximum absolute atomic E-state index is 12.9. The monoisotopic (exact) mass is 292 g/mol. The Morgan fingerprint density at radius 2 is 2.15 bits per heavy atom. The summed E-state index contributed by atoms with van der Waals surface area (Å²) in [5.74, 6) is -0.289. The molecule has 2 nitrogen and oxygen atoms in total. The minimum absolute atomic E-state index is 0.0849. The predicted octanol–water partition coefficient (Wildman–Crippen LogP) is 4.30. The molecule has 0 spiro atoms. The molecule has 20 heavy (non-hydrogen) atoms. The van der Waals surface area contributed by atoms with Crippen molar-refractivity contribution in [2.45, 2.75) is 38.6 Å². The van der Waals surface area contributed by atoms with Crippen LogP contribution < -0.4 is 5.32 Å². The third kappa shape index (κ3) is 3.64. The van der Waals surface area contributed by atoms with E-state index in [1.807, 2.05) is 0 Å². The lowest BCUT2D eigenvalue weighted by Crippen LogP contribution is -2.34. The third-order valence-corrected chi connectivity index (χ3v) is 4.73. The number of rotatable bonds is 6. The Morgan fingerprint density at radius 3 is 2.70 bits per heavy atom. The minimum Gasteiger partial charge on any atom is -0.308 e. The molecule has 0 aliphatic carbocycles. The van der Waals surface area contributed by atoms with Crippen molar-refractivity contribution in [1.82, 2.24) is 10.3 Å². The summed E-state index contributed by atoms with van der Waals surface area (Å²) >= 11 is 1.78. The van der Waals surface area contributed by atoms with Gasteiger partial charge in [0.1, 0.15) is 5.82 Å². The van der Waals surface area contributed by atoms with Gasteiger partial charge in [0.2, 0.25) is 0 Å². The maximum Gasteiger partial charge on any atom is 0.141 e. The second kappa shape index (κ2) is 6.46. The van der Waals surface area contributed by atoms with E-state index in [9.17, 15) is 4.39 Å². The first-order valence-corrected chi connectivity index (χ1v) is 7.79. The molecule has 2 aromatic heterocycles. The van der Waals surface area contributed by atoms with Gasteiger partial charge in [-0.25, -0.2) is 4.39 Å². The summed E-state index contributed by atoms with van der Waals surface area (Å²) in [4.78, 5) is 5.55. The summed E-state index contributed by atoms with van der Waals surface area (Å²) in [7, 11) is 0. The first-order chi connectivity index (χ1) is 9.53. The molecule has 0 saturated heterocycles. The molecule has 0 fully saturated rings. The number of thiophene rings is 1. The van der Waals surface area contributed by atoms with Crippen LogP contribution in [0.1, 0.15) is 43.8 Å². The smallest absolute Gasteiger partial charge is 0.141 e. The lowest BCUT2D eigenvalue weighted by atomic mass is 9.91. The number of pyridine rings is 1. The number of hydrogen-bond donors (Lipinski definition) is 1. The number of nitrogens with zero attached hydrogens (tertiary/aromatic N) is 1. The zero-order valence-electron chi connectivity index (χ0n) is 12.2. The van der Waals surface area contributed by atoms with E-state index in [1.54, 1.807) is 17.4 Å². The normalized spacial score (nSPS) is 13.4. The third-order valence-electron chi connectivity index (χ3n) is 3.49. The highest BCUT2D eigenvalue weighted by molar-refractivity contribution is 7.10. The molecule has 1 atom stereocenters. The van der Waals surface area contributed by atoms with Crippen molar-refractivity contribution < 1.29 is 4.39 Å². The van der Waals surface area contributed by atoms with Gasteiger partial charge in [0, 0.05) is 22.9 Å². The van der Waals surface area contributed by atoms with Gasteiger partial charge in [-0.3, -0.25) is 4.98 Å². The Bertz CT molecular complexity index is 520. The second-order valence-corrected chi connectivity index (χ2v) is 6.55. The van der Waals surface area contributed by atoms with Crippen LogP contribution in [0.4, 0.5) is 4.39 Å². The summed E-state index contributed by atoms with van der Waals surface area (Å²) in [5, 5.41) is 5.66. The van der Waals surface area contributed by atoms with Gasteiger partial charge in [0.05, 0.1) is 11.9 Å². The first kappa shape index (κ1) is 15.1. The molecule has 1 N–H and O–H groups in total. The van der Waals surface area contributed by atoms with E-state index >= 15 is 0 Å². The van der Waals surface area contributed by atoms with E-state index in [-0.39, 0.29) is 17.3 Å². The molecule has 4 heteroatoms. The van der Waals surface area contributed by atoms with Gasteiger partial charge in [0.25, 0.3) is 0 Å². The Balaban J connectivity index is 2.02. The van der Waals surface area contributed by atoms with Crippen LogP contribution >= 0.6 is 11.3 Å². The molecule has 2 aromatic rings. The van der Waals surface area contributed by atoms with Gasteiger partial charge in [-0.1, -0.05) is 26.8 Å². The fourth-order valence-electron chi connectivity index (χ4n) is 2.18. The van der Waals surface area contributed by atoms with E-state index in [0.29, 0.717) is 0 Å². The number of nitrogens with one attached hydrogen (secondary N) is 1. The van der Waals surface area contributed by atoms with Gasteiger partial charge in [-0.15, -0.1) is 11.3 Å². The standard InChI is InChI=1S/C16H21FN2S/c1-4-13(14-8-7-12(17)10-18-14)19-11-16(2,3)15-6-5-9-20-15/h5-10,13,19H,4,11H2,1-3H3. The van der Waals surface area contributed by atoms with Crippen LogP contribution in [0, 0.1) is 5.82 Å². The molecule has 0 aliphatic heterocycles. The lowest BCUT2D eigenvalue weighted by Gasteiger charge is -2.27. The Kier molecular flexibility index (Phi) is 4.89. The zero-order valence-corrected chi connectivity index (χ0v) is 13.0. The molecule has 0 aromatic carbocycles. The van der Waals surface area contributed by atoms with Crippen molar-refractivity contribution in [3.63, 3.8) is 0 Å². The van der Waals surface area contributed by atoms with Gasteiger partial charge in [-0.2, -0.15) is 0 Å². The molecule has 2 heterocycles. The van der Waals surface area contributed by atoms with Crippen molar-refractivity contribution in [2.75, 3.05) is 6.54 Å². The van der Waals surface area contributed by atoms with Crippen LogP contribution in [-0.4, -0.2) is 11.5 Å². The molecule has 0 bridgehead atoms. The van der Waals surface area contributed by atoms with Crippen molar-refractivity contribution in [3.05, 3.63) is 52.2 Å². The average Bonchev–Trinajstić information content (AvgIpc) is 2.96. The Morgan fingerprint density at radius 1 is 1.35 bits per heavy atom. The van der Waals surface area contributed by atoms with E-state index in [4.69, 9.17) is 0 Å². The molecule has 0 saturated carbocycles. The number of hydrogen-bond acceptors (Lipinski definition) is 3. The summed E-state index contributed by atoms with van der Waals surface area (Å²) in [6.45, 7) is 7.44. The molecule has 108 valence electrons. The molecule has 0 aliphatic rings. The topological polar surface area (TPSA) is 24.9 Å². The fraction of sp³-hybridized carbons (Fsp3) is 0.438. The molecule has 0 radical (unpaired) electrons. The quantitative estimate of drug-likeness (QED) is 0.858. The van der Waals surface area contributed by atoms with Crippen LogP contribution in [0.25, 0.3) is 0 Å². The summed E-state index contributed by atoms with van der Waals surface area (Å²) in [6.07, 6.45) is 2.21. The van der Waals surface area contributed by atoms with Crippen LogP contribution in [0.3, 0.4) is 0 Å². The molecule has 0 amide bonds. The Hall–Kier alpha value is -1.26. The van der Waals surface area contributed by atoms with Gasteiger partial charge >= 0.3 is 0 Å². The molecular formula is C16H21FN2S. The summed E-state index contributed by atoms with van der Waals surface area (Å²) in [5.41, 5.74) is 0.984. The SMILES string of the molecule is CCC(NCC(C)(C)c1cccs1)c1ccc(F)cn1. The van der Waals surface area contributed by atoms with Gasteiger partial charge in [0.15, 0.2) is 0 Å². The van der Waals surface area contributed by atoms with Crippen molar-refractivity contribution >= 4 is 11.3 Å². The van der Waals surface area contributed by atoms with Crippen molar-refractivity contribution in [1.29, 1.82) is 0 Å². The highest BCUT2D eigenvalue weighted by Gasteiger charge is 2.23. The van der Waals surface area contributed by atoms with Crippen LogP contribution in [0.2, 0.25) is 0 Å². The largest absolute Gasteiger partial charge is 0.308 e.